The monoisotopic (exact) mass is 485 g/mol. The van der Waals surface area contributed by atoms with E-state index < -0.39 is 12.0 Å². The second kappa shape index (κ2) is 10.6. The number of pyridine rings is 1. The zero-order valence-corrected chi connectivity index (χ0v) is 20.2. The van der Waals surface area contributed by atoms with Crippen LogP contribution >= 0.6 is 23.4 Å². The number of amides is 2. The van der Waals surface area contributed by atoms with Gasteiger partial charge in [0, 0.05) is 29.9 Å². The van der Waals surface area contributed by atoms with Crippen LogP contribution in [0, 0.1) is 0 Å². The summed E-state index contributed by atoms with van der Waals surface area (Å²) in [5, 5.41) is 12.9. The molecule has 1 fully saturated rings. The third kappa shape index (κ3) is 5.36. The predicted molar refractivity (Wildman–Crippen MR) is 133 cm³/mol. The van der Waals surface area contributed by atoms with E-state index in [2.05, 4.69) is 17.4 Å². The number of likely N-dealkylation sites (tertiary alicyclic amines) is 1. The lowest BCUT2D eigenvalue weighted by molar-refractivity contribution is -0.139. The van der Waals surface area contributed by atoms with Crippen molar-refractivity contribution in [3.8, 4) is 0 Å². The number of hydrogen-bond acceptors (Lipinski definition) is 4. The summed E-state index contributed by atoms with van der Waals surface area (Å²) in [4.78, 5) is 30.7. The third-order valence-corrected chi connectivity index (χ3v) is 7.22. The number of urea groups is 1. The summed E-state index contributed by atoms with van der Waals surface area (Å²) < 4.78 is 0. The maximum atomic E-state index is 12.7. The smallest absolute Gasteiger partial charge is 0.326 e. The van der Waals surface area contributed by atoms with Crippen LogP contribution in [-0.4, -0.2) is 58.1 Å². The first-order valence-electron chi connectivity index (χ1n) is 11.2. The molecule has 1 aromatic heterocycles. The minimum atomic E-state index is -0.992. The summed E-state index contributed by atoms with van der Waals surface area (Å²) in [6.07, 6.45) is 7.44. The molecule has 2 amide bonds. The molecule has 33 heavy (non-hydrogen) atoms. The molecule has 1 aliphatic carbocycles. The van der Waals surface area contributed by atoms with Crippen LogP contribution in [0.1, 0.15) is 41.6 Å². The number of nitrogens with zero attached hydrogens (tertiary/aromatic N) is 2. The Morgan fingerprint density at radius 3 is 2.67 bits per heavy atom. The van der Waals surface area contributed by atoms with E-state index in [0.29, 0.717) is 25.3 Å². The van der Waals surface area contributed by atoms with Crippen LogP contribution in [0.25, 0.3) is 5.57 Å². The molecule has 1 unspecified atom stereocenters. The van der Waals surface area contributed by atoms with Gasteiger partial charge in [0.2, 0.25) is 0 Å². The van der Waals surface area contributed by atoms with Gasteiger partial charge in [-0.1, -0.05) is 29.3 Å². The molecule has 174 valence electrons. The summed E-state index contributed by atoms with van der Waals surface area (Å²) in [7, 11) is 0. The first-order valence-corrected chi connectivity index (χ1v) is 13.0. The zero-order chi connectivity index (χ0) is 23.4. The number of benzene rings is 1. The van der Waals surface area contributed by atoms with Gasteiger partial charge >= 0.3 is 12.0 Å². The van der Waals surface area contributed by atoms with E-state index in [9.17, 15) is 14.7 Å². The molecule has 2 aromatic rings. The van der Waals surface area contributed by atoms with Crippen molar-refractivity contribution in [1.82, 2.24) is 15.2 Å². The summed E-state index contributed by atoms with van der Waals surface area (Å²) in [5.74, 6) is -0.308. The van der Waals surface area contributed by atoms with Gasteiger partial charge in [-0.05, 0) is 79.0 Å². The normalized spacial score (nSPS) is 16.5. The molecular formula is C25H28ClN3O3S. The van der Waals surface area contributed by atoms with Gasteiger partial charge in [0.05, 0.1) is 5.69 Å². The Hall–Kier alpha value is -2.51. The Morgan fingerprint density at radius 1 is 1.18 bits per heavy atom. The van der Waals surface area contributed by atoms with Crippen molar-refractivity contribution in [2.24, 2.45) is 0 Å². The zero-order valence-electron chi connectivity index (χ0n) is 18.6. The molecule has 2 N–H and O–H groups in total. The molecule has 1 aromatic carbocycles. The number of nitrogens with one attached hydrogen (secondary N) is 1. The van der Waals surface area contributed by atoms with Crippen molar-refractivity contribution in [2.75, 3.05) is 25.1 Å². The van der Waals surface area contributed by atoms with Crippen molar-refractivity contribution in [2.45, 2.75) is 38.1 Å². The van der Waals surface area contributed by atoms with Crippen LogP contribution < -0.4 is 5.32 Å². The van der Waals surface area contributed by atoms with Crippen molar-refractivity contribution in [3.05, 3.63) is 69.5 Å². The van der Waals surface area contributed by atoms with E-state index >= 15 is 0 Å². The van der Waals surface area contributed by atoms with Gasteiger partial charge in [-0.25, -0.2) is 9.59 Å². The van der Waals surface area contributed by atoms with Crippen molar-refractivity contribution in [3.63, 3.8) is 0 Å². The minimum Gasteiger partial charge on any atom is -0.480 e. The highest BCUT2D eigenvalue weighted by molar-refractivity contribution is 7.98. The maximum absolute atomic E-state index is 12.7. The first kappa shape index (κ1) is 23.6. The van der Waals surface area contributed by atoms with Gasteiger partial charge in [-0.3, -0.25) is 4.98 Å². The van der Waals surface area contributed by atoms with Crippen molar-refractivity contribution in [1.29, 1.82) is 0 Å². The van der Waals surface area contributed by atoms with Crippen LogP contribution in [0.4, 0.5) is 4.79 Å². The van der Waals surface area contributed by atoms with Gasteiger partial charge in [0.25, 0.3) is 0 Å². The van der Waals surface area contributed by atoms with E-state index in [1.165, 1.54) is 27.8 Å². The number of carboxylic acid groups (broad SMARTS) is 1. The number of carboxylic acids is 1. The van der Waals surface area contributed by atoms with Crippen molar-refractivity contribution >= 4 is 40.9 Å². The molecular weight excluding hydrogens is 458 g/mol. The summed E-state index contributed by atoms with van der Waals surface area (Å²) in [6.45, 7) is 1.09. The van der Waals surface area contributed by atoms with Crippen LogP contribution in [0.15, 0.2) is 42.1 Å². The number of carbonyl (C=O) groups is 2. The van der Waals surface area contributed by atoms with Gasteiger partial charge in [0.15, 0.2) is 0 Å². The molecule has 2 aliphatic rings. The van der Waals surface area contributed by atoms with E-state index in [1.54, 1.807) is 16.7 Å². The number of hydrogen-bond donors (Lipinski definition) is 2. The average Bonchev–Trinajstić information content (AvgIpc) is 2.98. The van der Waals surface area contributed by atoms with Gasteiger partial charge in [0.1, 0.15) is 6.04 Å². The minimum absolute atomic E-state index is 0.306. The van der Waals surface area contributed by atoms with Gasteiger partial charge in [-0.15, -0.1) is 0 Å². The quantitative estimate of drug-likeness (QED) is 0.644. The topological polar surface area (TPSA) is 82.5 Å². The Balaban J connectivity index is 1.57. The number of aliphatic carboxylic acids is 1. The number of aryl methyl sites for hydroxylation is 2. The molecule has 0 bridgehead atoms. The molecule has 4 rings (SSSR count). The van der Waals surface area contributed by atoms with E-state index in [1.807, 2.05) is 30.7 Å². The van der Waals surface area contributed by atoms with Crippen LogP contribution in [0.2, 0.25) is 5.02 Å². The molecule has 0 saturated carbocycles. The predicted octanol–water partition coefficient (Wildman–Crippen LogP) is 4.65. The molecule has 0 spiro atoms. The van der Waals surface area contributed by atoms with Crippen LogP contribution in [0.5, 0.6) is 0 Å². The molecule has 6 nitrogen and oxygen atoms in total. The average molecular weight is 486 g/mol. The van der Waals surface area contributed by atoms with Gasteiger partial charge in [-0.2, -0.15) is 11.8 Å². The maximum Gasteiger partial charge on any atom is 0.326 e. The fourth-order valence-electron chi connectivity index (χ4n) is 4.60. The number of carbonyl (C=O) groups excluding carboxylic acids is 1. The lowest BCUT2D eigenvalue weighted by atomic mass is 9.88. The van der Waals surface area contributed by atoms with E-state index in [0.717, 1.165) is 36.4 Å². The molecule has 8 heteroatoms. The number of halogens is 1. The van der Waals surface area contributed by atoms with Gasteiger partial charge < -0.3 is 15.3 Å². The number of fused-ring (bicyclic) bond motifs is 2. The SMILES string of the molecule is CSCCC(NC(=O)N1CCC(=C2c3ccc(Cl)cc3CCc3cccnc32)CC1)C(=O)O. The molecule has 1 atom stereocenters. The molecule has 0 radical (unpaired) electrons. The van der Waals surface area contributed by atoms with E-state index in [-0.39, 0.29) is 6.03 Å². The summed E-state index contributed by atoms with van der Waals surface area (Å²) in [5.41, 5.74) is 7.09. The molecule has 1 saturated heterocycles. The van der Waals surface area contributed by atoms with E-state index in [4.69, 9.17) is 16.6 Å². The second-order valence-corrected chi connectivity index (χ2v) is 9.82. The fraction of sp³-hybridized carbons (Fsp3) is 0.400. The summed E-state index contributed by atoms with van der Waals surface area (Å²) >= 11 is 7.87. The Kier molecular flexibility index (Phi) is 7.60. The number of thioether (sulfide) groups is 1. The Bertz CT molecular complexity index is 1080. The Morgan fingerprint density at radius 2 is 1.94 bits per heavy atom. The largest absolute Gasteiger partial charge is 0.480 e. The number of aromatic nitrogens is 1. The van der Waals surface area contributed by atoms with Crippen molar-refractivity contribution < 1.29 is 14.7 Å². The third-order valence-electron chi connectivity index (χ3n) is 6.34. The Labute approximate surface area is 203 Å². The second-order valence-electron chi connectivity index (χ2n) is 8.40. The highest BCUT2D eigenvalue weighted by Gasteiger charge is 2.28. The van der Waals surface area contributed by atoms with Crippen LogP contribution in [-0.2, 0) is 17.6 Å². The number of piperidine rings is 1. The first-order chi connectivity index (χ1) is 16.0. The highest BCUT2D eigenvalue weighted by Crippen LogP contribution is 2.38. The number of rotatable bonds is 5. The highest BCUT2D eigenvalue weighted by atomic mass is 35.5. The fourth-order valence-corrected chi connectivity index (χ4v) is 5.26. The molecule has 1 aliphatic heterocycles. The van der Waals surface area contributed by atoms with Crippen LogP contribution in [0.3, 0.4) is 0 Å². The summed E-state index contributed by atoms with van der Waals surface area (Å²) in [6, 6.07) is 9.02. The lowest BCUT2D eigenvalue weighted by Gasteiger charge is -2.31. The lowest BCUT2D eigenvalue weighted by Crippen LogP contribution is -2.49. The molecule has 2 heterocycles. The standard InChI is InChI=1S/C25H28ClN3O3S/c1-33-14-10-21(24(30)31)28-25(32)29-12-8-16(9-13-29)22-20-7-6-19(26)15-18(20)5-4-17-3-2-11-27-23(17)22/h2-3,6-7,11,15,21H,4-5,8-10,12-14H2,1H3,(H,28,32)(H,30,31).